The maximum Gasteiger partial charge on any atom is 0.224 e. The summed E-state index contributed by atoms with van der Waals surface area (Å²) in [6.07, 6.45) is 3.31. The minimum absolute atomic E-state index is 0.220. The van der Waals surface area contributed by atoms with Crippen molar-refractivity contribution in [1.82, 2.24) is 9.97 Å². The number of nitrogens with zero attached hydrogens (tertiary/aromatic N) is 3. The van der Waals surface area contributed by atoms with Gasteiger partial charge in [0.15, 0.2) is 0 Å². The molecule has 1 aromatic rings. The molecular weight excluding hydrogens is 308 g/mol. The van der Waals surface area contributed by atoms with Crippen LogP contribution in [-0.2, 0) is 4.74 Å². The Morgan fingerprint density at radius 1 is 1.42 bits per heavy atom. The van der Waals surface area contributed by atoms with Gasteiger partial charge < -0.3 is 15.0 Å². The zero-order valence-electron chi connectivity index (χ0n) is 11.7. The van der Waals surface area contributed by atoms with Gasteiger partial charge in [-0.3, -0.25) is 0 Å². The second kappa shape index (κ2) is 6.52. The molecule has 1 aliphatic rings. The Morgan fingerprint density at radius 3 is 2.74 bits per heavy atom. The van der Waals surface area contributed by atoms with E-state index in [0.717, 1.165) is 36.3 Å². The smallest absolute Gasteiger partial charge is 0.224 e. The molecule has 2 atom stereocenters. The predicted molar refractivity (Wildman–Crippen MR) is 80.7 cm³/mol. The lowest BCUT2D eigenvalue weighted by Gasteiger charge is -2.36. The molecule has 5 nitrogen and oxygen atoms in total. The van der Waals surface area contributed by atoms with E-state index in [4.69, 9.17) is 4.74 Å². The average Bonchev–Trinajstić information content (AvgIpc) is 2.36. The van der Waals surface area contributed by atoms with Crippen molar-refractivity contribution in [2.24, 2.45) is 0 Å². The topological polar surface area (TPSA) is 50.3 Å². The number of anilines is 2. The number of aromatic nitrogens is 2. The highest BCUT2D eigenvalue weighted by Gasteiger charge is 2.24. The van der Waals surface area contributed by atoms with Crippen LogP contribution in [0.25, 0.3) is 0 Å². The third-order valence-corrected chi connectivity index (χ3v) is 3.54. The van der Waals surface area contributed by atoms with E-state index < -0.39 is 0 Å². The van der Waals surface area contributed by atoms with Crippen LogP contribution in [0.1, 0.15) is 27.2 Å². The minimum Gasteiger partial charge on any atom is -0.372 e. The van der Waals surface area contributed by atoms with Gasteiger partial charge in [0.1, 0.15) is 5.82 Å². The summed E-state index contributed by atoms with van der Waals surface area (Å²) in [5, 5.41) is 3.22. The summed E-state index contributed by atoms with van der Waals surface area (Å²) in [4.78, 5) is 11.1. The number of rotatable bonds is 4. The number of ether oxygens (including phenoxy) is 1. The maximum atomic E-state index is 5.76. The Kier molecular flexibility index (Phi) is 4.99. The quantitative estimate of drug-likeness (QED) is 0.920. The summed E-state index contributed by atoms with van der Waals surface area (Å²) < 4.78 is 6.68. The summed E-state index contributed by atoms with van der Waals surface area (Å²) in [5.41, 5.74) is 0. The van der Waals surface area contributed by atoms with Crippen molar-refractivity contribution in [2.45, 2.75) is 39.4 Å². The molecule has 106 valence electrons. The van der Waals surface area contributed by atoms with Crippen molar-refractivity contribution < 1.29 is 4.74 Å². The van der Waals surface area contributed by atoms with Crippen LogP contribution in [0.5, 0.6) is 0 Å². The number of hydrogen-bond donors (Lipinski definition) is 1. The number of morpholine rings is 1. The minimum atomic E-state index is 0.220. The molecule has 0 unspecified atom stereocenters. The normalized spacial score (nSPS) is 23.5. The van der Waals surface area contributed by atoms with Crippen molar-refractivity contribution in [2.75, 3.05) is 29.9 Å². The average molecular weight is 329 g/mol. The van der Waals surface area contributed by atoms with Gasteiger partial charge in [0, 0.05) is 25.8 Å². The van der Waals surface area contributed by atoms with E-state index in [1.165, 1.54) is 0 Å². The lowest BCUT2D eigenvalue weighted by Crippen LogP contribution is -2.46. The molecule has 19 heavy (non-hydrogen) atoms. The van der Waals surface area contributed by atoms with Crippen molar-refractivity contribution in [3.8, 4) is 0 Å². The zero-order chi connectivity index (χ0) is 13.8. The van der Waals surface area contributed by atoms with Gasteiger partial charge in [-0.2, -0.15) is 4.98 Å². The Hall–Kier alpha value is -0.880. The Bertz CT molecular complexity index is 419. The second-order valence-electron chi connectivity index (χ2n) is 4.95. The molecule has 0 aliphatic carbocycles. The molecule has 2 heterocycles. The van der Waals surface area contributed by atoms with Crippen molar-refractivity contribution in [3.05, 3.63) is 10.7 Å². The van der Waals surface area contributed by atoms with Gasteiger partial charge in [0.2, 0.25) is 5.95 Å². The molecular formula is C13H21BrN4O. The molecule has 1 aromatic heterocycles. The molecule has 1 aliphatic heterocycles. The van der Waals surface area contributed by atoms with Gasteiger partial charge in [0.25, 0.3) is 0 Å². The number of halogens is 1. The first-order valence-corrected chi connectivity index (χ1v) is 7.56. The van der Waals surface area contributed by atoms with Crippen molar-refractivity contribution in [1.29, 1.82) is 0 Å². The van der Waals surface area contributed by atoms with Crippen molar-refractivity contribution in [3.63, 3.8) is 0 Å². The van der Waals surface area contributed by atoms with Crippen LogP contribution in [0.15, 0.2) is 10.7 Å². The maximum absolute atomic E-state index is 5.76. The summed E-state index contributed by atoms with van der Waals surface area (Å²) in [6.45, 7) is 8.90. The van der Waals surface area contributed by atoms with Gasteiger partial charge in [-0.15, -0.1) is 0 Å². The van der Waals surface area contributed by atoms with Crippen LogP contribution in [0.3, 0.4) is 0 Å². The molecule has 0 aromatic carbocycles. The highest BCUT2D eigenvalue weighted by molar-refractivity contribution is 9.10. The SMILES string of the molecule is CCCNc1ncc(Br)c(N2C[C@@H](C)O[C@@H](C)C2)n1. The van der Waals surface area contributed by atoms with Gasteiger partial charge in [-0.05, 0) is 36.2 Å². The molecule has 6 heteroatoms. The Morgan fingerprint density at radius 2 is 2.11 bits per heavy atom. The van der Waals surface area contributed by atoms with Crippen LogP contribution in [0, 0.1) is 0 Å². The van der Waals surface area contributed by atoms with Gasteiger partial charge >= 0.3 is 0 Å². The molecule has 0 bridgehead atoms. The van der Waals surface area contributed by atoms with E-state index in [1.54, 1.807) is 0 Å². The van der Waals surface area contributed by atoms with Crippen LogP contribution >= 0.6 is 15.9 Å². The standard InChI is InChI=1S/C13H21BrN4O/c1-4-5-15-13-16-6-11(14)12(17-13)18-7-9(2)19-10(3)8-18/h6,9-10H,4-5,7-8H2,1-3H3,(H,15,16,17)/t9-,10+. The molecule has 2 rings (SSSR count). The molecule has 0 spiro atoms. The van der Waals surface area contributed by atoms with Crippen LogP contribution in [0.2, 0.25) is 0 Å². The van der Waals surface area contributed by atoms with Crippen molar-refractivity contribution >= 4 is 27.7 Å². The summed E-state index contributed by atoms with van der Waals surface area (Å²) in [6, 6.07) is 0. The first-order chi connectivity index (χ1) is 9.10. The first-order valence-electron chi connectivity index (χ1n) is 6.77. The Balaban J connectivity index is 2.17. The summed E-state index contributed by atoms with van der Waals surface area (Å²) in [5.74, 6) is 1.63. The molecule has 0 amide bonds. The molecule has 0 saturated carbocycles. The second-order valence-corrected chi connectivity index (χ2v) is 5.81. The predicted octanol–water partition coefficient (Wildman–Crippen LogP) is 2.67. The summed E-state index contributed by atoms with van der Waals surface area (Å²) >= 11 is 3.54. The lowest BCUT2D eigenvalue weighted by atomic mass is 10.2. The first kappa shape index (κ1) is 14.5. The Labute approximate surface area is 122 Å². The van der Waals surface area contributed by atoms with E-state index in [2.05, 4.69) is 56.9 Å². The van der Waals surface area contributed by atoms with E-state index in [9.17, 15) is 0 Å². The fraction of sp³-hybridized carbons (Fsp3) is 0.692. The summed E-state index contributed by atoms with van der Waals surface area (Å²) in [7, 11) is 0. The number of nitrogens with one attached hydrogen (secondary N) is 1. The zero-order valence-corrected chi connectivity index (χ0v) is 13.3. The molecule has 1 fully saturated rings. The van der Waals surface area contributed by atoms with Crippen LogP contribution in [0.4, 0.5) is 11.8 Å². The van der Waals surface area contributed by atoms with E-state index >= 15 is 0 Å². The lowest BCUT2D eigenvalue weighted by molar-refractivity contribution is -0.00550. The van der Waals surface area contributed by atoms with Crippen LogP contribution < -0.4 is 10.2 Å². The fourth-order valence-electron chi connectivity index (χ4n) is 2.25. The van der Waals surface area contributed by atoms with E-state index in [0.29, 0.717) is 5.95 Å². The van der Waals surface area contributed by atoms with E-state index in [-0.39, 0.29) is 12.2 Å². The molecule has 1 N–H and O–H groups in total. The fourth-order valence-corrected chi connectivity index (χ4v) is 2.69. The van der Waals surface area contributed by atoms with Gasteiger partial charge in [-0.25, -0.2) is 4.98 Å². The highest BCUT2D eigenvalue weighted by atomic mass is 79.9. The van der Waals surface area contributed by atoms with Gasteiger partial charge in [-0.1, -0.05) is 6.92 Å². The number of hydrogen-bond acceptors (Lipinski definition) is 5. The van der Waals surface area contributed by atoms with E-state index in [1.807, 2.05) is 6.20 Å². The largest absolute Gasteiger partial charge is 0.372 e. The van der Waals surface area contributed by atoms with Gasteiger partial charge in [0.05, 0.1) is 16.7 Å². The third kappa shape index (κ3) is 3.79. The van der Waals surface area contributed by atoms with Crippen LogP contribution in [-0.4, -0.2) is 41.8 Å². The highest BCUT2D eigenvalue weighted by Crippen LogP contribution is 2.27. The molecule has 0 radical (unpaired) electrons. The monoisotopic (exact) mass is 328 g/mol. The third-order valence-electron chi connectivity index (χ3n) is 2.98. The molecule has 1 saturated heterocycles.